The van der Waals surface area contributed by atoms with Gasteiger partial charge in [0.25, 0.3) is 5.91 Å². The first-order valence-corrected chi connectivity index (χ1v) is 8.87. The van der Waals surface area contributed by atoms with E-state index in [1.807, 2.05) is 25.2 Å². The Bertz CT molecular complexity index is 829. The van der Waals surface area contributed by atoms with Crippen molar-refractivity contribution in [3.63, 3.8) is 0 Å². The fraction of sp³-hybridized carbons (Fsp3) is 0.300. The molecule has 0 saturated carbocycles. The average molecular weight is 406 g/mol. The standard InChI is InChI=1S/C20H23N3O4.ClH/c1-21-10-4-7-19(24)23-16-6-3-2-5-15(16)20(25)22-12-14-8-9-17-18(11-14)27-13-26-17;/h2-3,5-6,8-9,11,21H,4,7,10,12-13H2,1H3,(H,22,25)(H,23,24);1H. The van der Waals surface area contributed by atoms with Crippen LogP contribution in [0.1, 0.15) is 28.8 Å². The summed E-state index contributed by atoms with van der Waals surface area (Å²) in [6, 6.07) is 12.5. The molecule has 1 aliphatic rings. The summed E-state index contributed by atoms with van der Waals surface area (Å²) < 4.78 is 10.6. The molecule has 0 fully saturated rings. The maximum atomic E-state index is 12.6. The van der Waals surface area contributed by atoms with Gasteiger partial charge in [-0.05, 0) is 49.8 Å². The van der Waals surface area contributed by atoms with Crippen molar-refractivity contribution < 1.29 is 19.1 Å². The molecule has 8 heteroatoms. The molecule has 0 radical (unpaired) electrons. The lowest BCUT2D eigenvalue weighted by Gasteiger charge is -2.12. The smallest absolute Gasteiger partial charge is 0.253 e. The Balaban J connectivity index is 0.00000280. The third kappa shape index (κ3) is 5.61. The number of fused-ring (bicyclic) bond motifs is 1. The van der Waals surface area contributed by atoms with Crippen LogP contribution in [0.3, 0.4) is 0 Å². The SMILES string of the molecule is CNCCCC(=O)Nc1ccccc1C(=O)NCc1ccc2c(c1)OCO2.Cl. The molecule has 1 heterocycles. The van der Waals surface area contributed by atoms with Crippen molar-refractivity contribution >= 4 is 29.9 Å². The Kier molecular flexibility index (Phi) is 8.10. The van der Waals surface area contributed by atoms with Crippen molar-refractivity contribution in [2.75, 3.05) is 25.7 Å². The minimum absolute atomic E-state index is 0. The van der Waals surface area contributed by atoms with Crippen LogP contribution in [0, 0.1) is 0 Å². The van der Waals surface area contributed by atoms with Gasteiger partial charge in [0.05, 0.1) is 11.3 Å². The molecule has 0 aromatic heterocycles. The van der Waals surface area contributed by atoms with Gasteiger partial charge in [0, 0.05) is 13.0 Å². The Morgan fingerprint density at radius 3 is 2.68 bits per heavy atom. The lowest BCUT2D eigenvalue weighted by Crippen LogP contribution is -2.25. The van der Waals surface area contributed by atoms with Crippen molar-refractivity contribution in [1.29, 1.82) is 0 Å². The second-order valence-electron chi connectivity index (χ2n) is 6.17. The molecule has 0 bridgehead atoms. The van der Waals surface area contributed by atoms with E-state index >= 15 is 0 Å². The van der Waals surface area contributed by atoms with E-state index in [1.54, 1.807) is 24.3 Å². The zero-order valence-electron chi connectivity index (χ0n) is 15.6. The summed E-state index contributed by atoms with van der Waals surface area (Å²) in [5.74, 6) is 1.02. The van der Waals surface area contributed by atoms with Gasteiger partial charge < -0.3 is 25.4 Å². The number of carbonyl (C=O) groups excluding carboxylic acids is 2. The van der Waals surface area contributed by atoms with E-state index in [0.29, 0.717) is 35.7 Å². The van der Waals surface area contributed by atoms with E-state index in [2.05, 4.69) is 16.0 Å². The first-order chi connectivity index (χ1) is 13.2. The van der Waals surface area contributed by atoms with Crippen LogP contribution < -0.4 is 25.4 Å². The second-order valence-corrected chi connectivity index (χ2v) is 6.17. The molecule has 7 nitrogen and oxygen atoms in total. The number of para-hydroxylation sites is 1. The summed E-state index contributed by atoms with van der Waals surface area (Å²) in [6.07, 6.45) is 1.13. The molecule has 150 valence electrons. The summed E-state index contributed by atoms with van der Waals surface area (Å²) in [5.41, 5.74) is 1.84. The lowest BCUT2D eigenvalue weighted by atomic mass is 10.1. The van der Waals surface area contributed by atoms with Gasteiger partial charge in [-0.1, -0.05) is 18.2 Å². The monoisotopic (exact) mass is 405 g/mol. The average Bonchev–Trinajstić information content (AvgIpc) is 3.14. The molecule has 2 aromatic carbocycles. The van der Waals surface area contributed by atoms with Gasteiger partial charge in [0.1, 0.15) is 0 Å². The van der Waals surface area contributed by atoms with Crippen LogP contribution in [0.5, 0.6) is 11.5 Å². The van der Waals surface area contributed by atoms with Crippen molar-refractivity contribution in [3.05, 3.63) is 53.6 Å². The highest BCUT2D eigenvalue weighted by Crippen LogP contribution is 2.32. The van der Waals surface area contributed by atoms with Crippen molar-refractivity contribution in [2.45, 2.75) is 19.4 Å². The summed E-state index contributed by atoms with van der Waals surface area (Å²) in [6.45, 7) is 1.33. The minimum Gasteiger partial charge on any atom is -0.454 e. The quantitative estimate of drug-likeness (QED) is 0.588. The Labute approximate surface area is 170 Å². The maximum Gasteiger partial charge on any atom is 0.253 e. The molecule has 0 spiro atoms. The zero-order chi connectivity index (χ0) is 19.1. The van der Waals surface area contributed by atoms with Crippen LogP contribution >= 0.6 is 12.4 Å². The maximum absolute atomic E-state index is 12.6. The number of carbonyl (C=O) groups is 2. The van der Waals surface area contributed by atoms with Gasteiger partial charge in [0.15, 0.2) is 11.5 Å². The van der Waals surface area contributed by atoms with Gasteiger partial charge in [-0.25, -0.2) is 0 Å². The number of amides is 2. The normalized spacial score (nSPS) is 11.5. The van der Waals surface area contributed by atoms with Gasteiger partial charge in [0.2, 0.25) is 12.7 Å². The van der Waals surface area contributed by atoms with Crippen molar-refractivity contribution in [2.24, 2.45) is 0 Å². The van der Waals surface area contributed by atoms with E-state index in [0.717, 1.165) is 18.5 Å². The van der Waals surface area contributed by atoms with Gasteiger partial charge >= 0.3 is 0 Å². The van der Waals surface area contributed by atoms with Crippen LogP contribution in [-0.4, -0.2) is 32.2 Å². The van der Waals surface area contributed by atoms with Crippen LogP contribution in [0.4, 0.5) is 5.69 Å². The summed E-state index contributed by atoms with van der Waals surface area (Å²) >= 11 is 0. The Hall–Kier alpha value is -2.77. The van der Waals surface area contributed by atoms with Gasteiger partial charge in [-0.3, -0.25) is 9.59 Å². The molecule has 3 N–H and O–H groups in total. The predicted octanol–water partition coefficient (Wildman–Crippen LogP) is 2.71. The number of hydrogen-bond acceptors (Lipinski definition) is 5. The molecule has 2 amide bonds. The van der Waals surface area contributed by atoms with Crippen molar-refractivity contribution in [3.8, 4) is 11.5 Å². The van der Waals surface area contributed by atoms with Crippen LogP contribution in [-0.2, 0) is 11.3 Å². The molecular formula is C20H24ClN3O4. The van der Waals surface area contributed by atoms with Crippen LogP contribution in [0.25, 0.3) is 0 Å². The van der Waals surface area contributed by atoms with Crippen LogP contribution in [0.2, 0.25) is 0 Å². The highest BCUT2D eigenvalue weighted by molar-refractivity contribution is 6.03. The lowest BCUT2D eigenvalue weighted by molar-refractivity contribution is -0.116. The third-order valence-corrected chi connectivity index (χ3v) is 4.17. The molecule has 0 unspecified atom stereocenters. The number of ether oxygens (including phenoxy) is 2. The number of anilines is 1. The second kappa shape index (κ2) is 10.5. The van der Waals surface area contributed by atoms with E-state index in [9.17, 15) is 9.59 Å². The number of benzene rings is 2. The Morgan fingerprint density at radius 2 is 1.86 bits per heavy atom. The molecule has 0 atom stereocenters. The third-order valence-electron chi connectivity index (χ3n) is 4.17. The fourth-order valence-corrected chi connectivity index (χ4v) is 2.76. The van der Waals surface area contributed by atoms with Crippen molar-refractivity contribution in [1.82, 2.24) is 10.6 Å². The number of hydrogen-bond donors (Lipinski definition) is 3. The zero-order valence-corrected chi connectivity index (χ0v) is 16.4. The summed E-state index contributed by atoms with van der Waals surface area (Å²) in [5, 5.41) is 8.70. The summed E-state index contributed by atoms with van der Waals surface area (Å²) in [7, 11) is 1.84. The largest absolute Gasteiger partial charge is 0.454 e. The number of nitrogens with one attached hydrogen (secondary N) is 3. The van der Waals surface area contributed by atoms with Gasteiger partial charge in [-0.2, -0.15) is 0 Å². The highest BCUT2D eigenvalue weighted by atomic mass is 35.5. The number of rotatable bonds is 8. The number of halogens is 1. The highest BCUT2D eigenvalue weighted by Gasteiger charge is 2.15. The van der Waals surface area contributed by atoms with E-state index in [1.165, 1.54) is 0 Å². The first kappa shape index (κ1) is 21.5. The minimum atomic E-state index is -0.251. The molecule has 2 aromatic rings. The molecule has 0 aliphatic carbocycles. The fourth-order valence-electron chi connectivity index (χ4n) is 2.76. The summed E-state index contributed by atoms with van der Waals surface area (Å²) in [4.78, 5) is 24.6. The topological polar surface area (TPSA) is 88.7 Å². The van der Waals surface area contributed by atoms with Crippen LogP contribution in [0.15, 0.2) is 42.5 Å². The van der Waals surface area contributed by atoms with E-state index < -0.39 is 0 Å². The molecular weight excluding hydrogens is 382 g/mol. The predicted molar refractivity (Wildman–Crippen MR) is 109 cm³/mol. The van der Waals surface area contributed by atoms with Gasteiger partial charge in [-0.15, -0.1) is 12.4 Å². The molecule has 1 aliphatic heterocycles. The molecule has 3 rings (SSSR count). The van der Waals surface area contributed by atoms with E-state index in [-0.39, 0.29) is 31.0 Å². The molecule has 0 saturated heterocycles. The first-order valence-electron chi connectivity index (χ1n) is 8.87. The molecule has 28 heavy (non-hydrogen) atoms. The van der Waals surface area contributed by atoms with E-state index in [4.69, 9.17) is 9.47 Å². The Morgan fingerprint density at radius 1 is 1.07 bits per heavy atom.